The Morgan fingerprint density at radius 1 is 1.00 bits per heavy atom. The molecule has 0 aliphatic carbocycles. The molecule has 31 heavy (non-hydrogen) atoms. The summed E-state index contributed by atoms with van der Waals surface area (Å²) in [4.78, 5) is 11.3. The van der Waals surface area contributed by atoms with Crippen molar-refractivity contribution in [2.75, 3.05) is 0 Å². The number of fused-ring (bicyclic) bond motifs is 1. The molecular weight excluding hydrogens is 409 g/mol. The van der Waals surface area contributed by atoms with Crippen LogP contribution >= 0.6 is 0 Å². The van der Waals surface area contributed by atoms with Crippen molar-refractivity contribution in [3.8, 4) is 16.9 Å². The van der Waals surface area contributed by atoms with E-state index in [0.29, 0.717) is 16.7 Å². The molecule has 166 valence electrons. The Morgan fingerprint density at radius 3 is 2.06 bits per heavy atom. The van der Waals surface area contributed by atoms with E-state index in [1.807, 2.05) is 37.3 Å². The van der Waals surface area contributed by atoms with Gasteiger partial charge in [0.1, 0.15) is 5.75 Å². The van der Waals surface area contributed by atoms with Crippen LogP contribution in [0, 0.1) is 6.92 Å². The number of alkyl halides is 3. The Morgan fingerprint density at radius 2 is 1.55 bits per heavy atom. The number of benzene rings is 3. The van der Waals surface area contributed by atoms with Crippen molar-refractivity contribution >= 4 is 16.7 Å². The zero-order valence-electron chi connectivity index (χ0n) is 17.7. The van der Waals surface area contributed by atoms with Gasteiger partial charge in [-0.3, -0.25) is 4.79 Å². The first-order chi connectivity index (χ1) is 14.2. The van der Waals surface area contributed by atoms with Crippen molar-refractivity contribution in [3.05, 3.63) is 65.7 Å². The molecule has 0 heterocycles. The van der Waals surface area contributed by atoms with Crippen LogP contribution in [0.25, 0.3) is 21.9 Å². The van der Waals surface area contributed by atoms with Crippen molar-refractivity contribution in [1.82, 2.24) is 0 Å². The predicted octanol–water partition coefficient (Wildman–Crippen LogP) is 6.12. The molecule has 7 heteroatoms. The molecule has 4 nitrogen and oxygen atoms in total. The molecule has 0 fully saturated rings. The molecule has 0 aliphatic rings. The Hall–Kier alpha value is -3.06. The molecule has 3 aromatic carbocycles. The van der Waals surface area contributed by atoms with Crippen LogP contribution in [0.4, 0.5) is 13.2 Å². The second-order valence-electron chi connectivity index (χ2n) is 8.08. The molecular formula is C24H25F3O4. The number of hydrogen-bond acceptors (Lipinski definition) is 3. The number of carboxylic acid groups (broad SMARTS) is 1. The first-order valence-corrected chi connectivity index (χ1v) is 9.56. The van der Waals surface area contributed by atoms with Gasteiger partial charge in [0, 0.05) is 0 Å². The van der Waals surface area contributed by atoms with Crippen molar-refractivity contribution < 1.29 is 32.9 Å². The third-order valence-electron chi connectivity index (χ3n) is 4.08. The summed E-state index contributed by atoms with van der Waals surface area (Å²) >= 11 is 0. The highest BCUT2D eigenvalue weighted by molar-refractivity contribution is 6.00. The van der Waals surface area contributed by atoms with Gasteiger partial charge in [-0.25, -0.2) is 0 Å². The van der Waals surface area contributed by atoms with E-state index in [1.165, 1.54) is 24.3 Å². The normalized spacial score (nSPS) is 11.6. The minimum Gasteiger partial charge on any atom is -0.481 e. The summed E-state index contributed by atoms with van der Waals surface area (Å²) in [5.74, 6) is -1.29. The second-order valence-corrected chi connectivity index (χ2v) is 8.08. The van der Waals surface area contributed by atoms with E-state index < -0.39 is 17.9 Å². The molecule has 0 amide bonds. The van der Waals surface area contributed by atoms with Crippen LogP contribution in [0.1, 0.15) is 31.9 Å². The van der Waals surface area contributed by atoms with Crippen LogP contribution in [-0.4, -0.2) is 28.1 Å². The van der Waals surface area contributed by atoms with E-state index in [2.05, 4.69) is 4.74 Å². The monoisotopic (exact) mass is 434 g/mol. The van der Waals surface area contributed by atoms with E-state index >= 15 is 0 Å². The molecule has 0 atom stereocenters. The van der Waals surface area contributed by atoms with Crippen molar-refractivity contribution in [2.24, 2.45) is 0 Å². The largest absolute Gasteiger partial charge is 0.573 e. The molecule has 0 radical (unpaired) electrons. The van der Waals surface area contributed by atoms with E-state index in [9.17, 15) is 23.1 Å². The molecule has 0 aromatic heterocycles. The molecule has 3 rings (SSSR count). The van der Waals surface area contributed by atoms with E-state index in [4.69, 9.17) is 5.11 Å². The maximum atomic E-state index is 12.3. The lowest BCUT2D eigenvalue weighted by Gasteiger charge is -2.16. The standard InChI is InChI=1S/C20H15F3O3.C4H10O/c1-12-10-14-4-2-3-5-16(14)19(17(12)11-18(24)25)13-6-8-15(9-7-13)26-20(21,22)23;1-4(2,3)5/h2-10H,11H2,1H3,(H,24,25);5H,1-3H3. The van der Waals surface area contributed by atoms with Gasteiger partial charge in [-0.1, -0.05) is 42.5 Å². The molecule has 0 saturated heterocycles. The fourth-order valence-electron chi connectivity index (χ4n) is 3.06. The number of aryl methyl sites for hydroxylation is 1. The van der Waals surface area contributed by atoms with E-state index in [1.54, 1.807) is 20.8 Å². The van der Waals surface area contributed by atoms with Crippen LogP contribution in [0.5, 0.6) is 5.75 Å². The van der Waals surface area contributed by atoms with Crippen molar-refractivity contribution in [2.45, 2.75) is 46.1 Å². The van der Waals surface area contributed by atoms with Gasteiger partial charge in [-0.05, 0) is 72.9 Å². The average Bonchev–Trinajstić information content (AvgIpc) is 2.60. The number of aliphatic hydroxyl groups is 1. The Bertz CT molecular complexity index is 1040. The summed E-state index contributed by atoms with van der Waals surface area (Å²) in [5, 5.41) is 19.6. The number of carboxylic acids is 1. The van der Waals surface area contributed by atoms with Crippen LogP contribution < -0.4 is 4.74 Å². The van der Waals surface area contributed by atoms with Gasteiger partial charge in [0.15, 0.2) is 0 Å². The summed E-state index contributed by atoms with van der Waals surface area (Å²) < 4.78 is 40.9. The van der Waals surface area contributed by atoms with Crippen molar-refractivity contribution in [1.29, 1.82) is 0 Å². The van der Waals surface area contributed by atoms with Crippen LogP contribution in [-0.2, 0) is 11.2 Å². The number of carbonyl (C=O) groups is 1. The number of aliphatic carboxylic acids is 1. The van der Waals surface area contributed by atoms with E-state index in [0.717, 1.165) is 16.3 Å². The summed E-state index contributed by atoms with van der Waals surface area (Å²) in [6.07, 6.45) is -4.93. The smallest absolute Gasteiger partial charge is 0.481 e. The SMILES string of the molecule is CC(C)(C)O.Cc1cc2ccccc2c(-c2ccc(OC(F)(F)F)cc2)c1CC(=O)O. The molecule has 0 aliphatic heterocycles. The zero-order valence-corrected chi connectivity index (χ0v) is 17.7. The van der Waals surface area contributed by atoms with Gasteiger partial charge in [0.25, 0.3) is 0 Å². The first-order valence-electron chi connectivity index (χ1n) is 9.56. The number of halogens is 3. The van der Waals surface area contributed by atoms with Gasteiger partial charge >= 0.3 is 12.3 Å². The summed E-state index contributed by atoms with van der Waals surface area (Å²) in [6, 6.07) is 14.9. The lowest BCUT2D eigenvalue weighted by molar-refractivity contribution is -0.274. The van der Waals surface area contributed by atoms with E-state index in [-0.39, 0.29) is 12.2 Å². The number of hydrogen-bond donors (Lipinski definition) is 2. The second kappa shape index (κ2) is 9.39. The Labute approximate surface area is 178 Å². The average molecular weight is 434 g/mol. The van der Waals surface area contributed by atoms with Gasteiger partial charge in [-0.15, -0.1) is 13.2 Å². The zero-order chi connectivity index (χ0) is 23.4. The highest BCUT2D eigenvalue weighted by Gasteiger charge is 2.31. The van der Waals surface area contributed by atoms with Gasteiger partial charge < -0.3 is 14.9 Å². The molecule has 0 bridgehead atoms. The van der Waals surface area contributed by atoms with Crippen LogP contribution in [0.2, 0.25) is 0 Å². The maximum Gasteiger partial charge on any atom is 0.573 e. The molecule has 0 unspecified atom stereocenters. The minimum absolute atomic E-state index is 0.174. The van der Waals surface area contributed by atoms with Gasteiger partial charge in [0.2, 0.25) is 0 Å². The summed E-state index contributed by atoms with van der Waals surface area (Å²) in [5.41, 5.74) is 2.30. The topological polar surface area (TPSA) is 66.8 Å². The third kappa shape index (κ3) is 7.61. The molecule has 0 saturated carbocycles. The third-order valence-corrected chi connectivity index (χ3v) is 4.08. The van der Waals surface area contributed by atoms with Gasteiger partial charge in [0.05, 0.1) is 12.0 Å². The fraction of sp³-hybridized carbons (Fsp3) is 0.292. The highest BCUT2D eigenvalue weighted by Crippen LogP contribution is 2.36. The first kappa shape index (κ1) is 24.2. The minimum atomic E-state index is -4.76. The summed E-state index contributed by atoms with van der Waals surface area (Å²) in [7, 11) is 0. The fourth-order valence-corrected chi connectivity index (χ4v) is 3.06. The van der Waals surface area contributed by atoms with Crippen LogP contribution in [0.3, 0.4) is 0 Å². The molecule has 3 aromatic rings. The predicted molar refractivity (Wildman–Crippen MR) is 114 cm³/mol. The maximum absolute atomic E-state index is 12.3. The molecule has 0 spiro atoms. The highest BCUT2D eigenvalue weighted by atomic mass is 19.4. The number of rotatable bonds is 4. The summed E-state index contributed by atoms with van der Waals surface area (Å²) in [6.45, 7) is 7.06. The Kier molecular flexibility index (Phi) is 7.33. The lowest BCUT2D eigenvalue weighted by Crippen LogP contribution is -2.16. The number of ether oxygens (including phenoxy) is 1. The lowest BCUT2D eigenvalue weighted by atomic mass is 9.88. The molecule has 2 N–H and O–H groups in total. The quantitative estimate of drug-likeness (QED) is 0.519. The Balaban J connectivity index is 0.000000614. The van der Waals surface area contributed by atoms with Gasteiger partial charge in [-0.2, -0.15) is 0 Å². The van der Waals surface area contributed by atoms with Crippen molar-refractivity contribution in [3.63, 3.8) is 0 Å². The van der Waals surface area contributed by atoms with Crippen LogP contribution in [0.15, 0.2) is 54.6 Å².